The monoisotopic (exact) mass is 383 g/mol. The molecule has 3 nitrogen and oxygen atoms in total. The van der Waals surface area contributed by atoms with Crippen molar-refractivity contribution in [1.82, 2.24) is 5.32 Å². The van der Waals surface area contributed by atoms with Crippen LogP contribution in [0.1, 0.15) is 19.4 Å². The van der Waals surface area contributed by atoms with E-state index in [1.54, 1.807) is 18.2 Å². The Morgan fingerprint density at radius 2 is 1.92 bits per heavy atom. The molecule has 3 rings (SSSR count). The molecule has 0 amide bonds. The van der Waals surface area contributed by atoms with E-state index in [1.165, 1.54) is 12.2 Å². The molecule has 0 saturated carbocycles. The molecule has 1 aliphatic heterocycles. The molecule has 0 aromatic heterocycles. The molecule has 1 saturated heterocycles. The molecule has 0 radical (unpaired) electrons. The summed E-state index contributed by atoms with van der Waals surface area (Å²) in [6.45, 7) is 4.80. The topological polar surface area (TPSA) is 30.5 Å². The predicted molar refractivity (Wildman–Crippen MR) is 99.2 cm³/mol. The van der Waals surface area contributed by atoms with Crippen molar-refractivity contribution in [3.63, 3.8) is 0 Å². The average Bonchev–Trinajstić information content (AvgIpc) is 2.70. The first-order chi connectivity index (χ1) is 11.8. The molecule has 1 heterocycles. The highest BCUT2D eigenvalue weighted by Crippen LogP contribution is 2.48. The lowest BCUT2D eigenvalue weighted by Gasteiger charge is -2.28. The first-order valence-electron chi connectivity index (χ1n) is 8.07. The number of benzene rings is 1. The lowest BCUT2D eigenvalue weighted by atomic mass is 9.85. The molecule has 1 fully saturated rings. The molecule has 6 heteroatoms. The molecule has 25 heavy (non-hydrogen) atoms. The maximum atomic E-state index is 14.5. The van der Waals surface area contributed by atoms with Gasteiger partial charge in [-0.1, -0.05) is 29.3 Å². The largest absolute Gasteiger partial charge is 0.493 e. The van der Waals surface area contributed by atoms with Crippen LogP contribution < -0.4 is 5.32 Å². The fourth-order valence-corrected chi connectivity index (χ4v) is 3.69. The number of hydrogen-bond acceptors (Lipinski definition) is 3. The first-order valence-corrected chi connectivity index (χ1v) is 8.82. The molecular formula is C19H20Cl2FNO2. The number of fused-ring (bicyclic) bond motifs is 2. The van der Waals surface area contributed by atoms with Gasteiger partial charge in [-0.05, 0) is 39.1 Å². The number of halogens is 3. The van der Waals surface area contributed by atoms with E-state index in [0.717, 1.165) is 0 Å². The Morgan fingerprint density at radius 3 is 2.56 bits per heavy atom. The van der Waals surface area contributed by atoms with Gasteiger partial charge >= 0.3 is 0 Å². The van der Waals surface area contributed by atoms with Crippen LogP contribution in [0.4, 0.5) is 4.39 Å². The summed E-state index contributed by atoms with van der Waals surface area (Å²) >= 11 is 12.8. The zero-order valence-electron chi connectivity index (χ0n) is 14.3. The van der Waals surface area contributed by atoms with Crippen molar-refractivity contribution in [2.45, 2.75) is 20.0 Å². The van der Waals surface area contributed by atoms with Gasteiger partial charge in [-0.15, -0.1) is 0 Å². The molecule has 2 bridgehead atoms. The summed E-state index contributed by atoms with van der Waals surface area (Å²) in [4.78, 5) is 0. The number of rotatable bonds is 3. The highest BCUT2D eigenvalue weighted by Gasteiger charge is 2.40. The summed E-state index contributed by atoms with van der Waals surface area (Å²) in [5.74, 6) is 0.687. The number of ether oxygens (including phenoxy) is 2. The maximum Gasteiger partial charge on any atom is 0.144 e. The Balaban J connectivity index is 2.27. The Hall–Kier alpha value is -1.49. The first kappa shape index (κ1) is 18.3. The maximum absolute atomic E-state index is 14.5. The second kappa shape index (κ2) is 7.02. The standard InChI is InChI=1S/C19H20Cl2FNO2/c1-19(2)16-8-11(22)7-13(17-14(20)5-4-6-15(17)21)18(19)25-12(9-23-3)10-24-16/h4-8,12,23H,9-10H2,1-3H3/t12-/m0/s1. The van der Waals surface area contributed by atoms with Crippen molar-refractivity contribution < 1.29 is 13.9 Å². The third-order valence-corrected chi connectivity index (χ3v) is 4.98. The summed E-state index contributed by atoms with van der Waals surface area (Å²) in [5, 5.41) is 3.97. The van der Waals surface area contributed by atoms with Crippen LogP contribution in [0.15, 0.2) is 47.7 Å². The van der Waals surface area contributed by atoms with Gasteiger partial charge in [0.15, 0.2) is 0 Å². The normalized spacial score (nSPS) is 22.2. The third-order valence-electron chi connectivity index (χ3n) is 4.35. The van der Waals surface area contributed by atoms with Gasteiger partial charge in [0, 0.05) is 23.8 Å². The molecule has 0 spiro atoms. The van der Waals surface area contributed by atoms with E-state index < -0.39 is 11.2 Å². The van der Waals surface area contributed by atoms with Crippen molar-refractivity contribution in [1.29, 1.82) is 0 Å². The predicted octanol–water partition coefficient (Wildman–Crippen LogP) is 5.12. The van der Waals surface area contributed by atoms with Crippen LogP contribution in [0.2, 0.25) is 10.0 Å². The second-order valence-corrected chi connectivity index (χ2v) is 7.43. The van der Waals surface area contributed by atoms with E-state index in [4.69, 9.17) is 32.7 Å². The Morgan fingerprint density at radius 1 is 1.24 bits per heavy atom. The van der Waals surface area contributed by atoms with Crippen LogP contribution >= 0.6 is 23.2 Å². The Bertz CT molecular complexity index is 763. The van der Waals surface area contributed by atoms with Gasteiger partial charge in [0.25, 0.3) is 0 Å². The number of allylic oxidation sites excluding steroid dienone is 4. The minimum Gasteiger partial charge on any atom is -0.493 e. The lowest BCUT2D eigenvalue weighted by Crippen LogP contribution is -2.30. The quantitative estimate of drug-likeness (QED) is 0.785. The molecule has 1 N–H and O–H groups in total. The van der Waals surface area contributed by atoms with Gasteiger partial charge in [-0.25, -0.2) is 4.39 Å². The van der Waals surface area contributed by atoms with Crippen molar-refractivity contribution >= 4 is 28.8 Å². The minimum atomic E-state index is -0.662. The van der Waals surface area contributed by atoms with Gasteiger partial charge in [0.2, 0.25) is 0 Å². The molecule has 1 aromatic carbocycles. The van der Waals surface area contributed by atoms with Gasteiger partial charge in [-0.3, -0.25) is 0 Å². The molecule has 1 atom stereocenters. The van der Waals surface area contributed by atoms with E-state index in [1.807, 2.05) is 20.9 Å². The summed E-state index contributed by atoms with van der Waals surface area (Å²) in [7, 11) is 1.84. The summed E-state index contributed by atoms with van der Waals surface area (Å²) in [6.07, 6.45) is 2.60. The SMILES string of the molecule is CNC[C@H]1COC2=CC(F)=CC(c3c(Cl)cccc3Cl)=C(O1)C2(C)C. The van der Waals surface area contributed by atoms with E-state index in [-0.39, 0.29) is 6.10 Å². The molecule has 2 aliphatic rings. The van der Waals surface area contributed by atoms with Crippen LogP contribution in [0.25, 0.3) is 5.57 Å². The van der Waals surface area contributed by atoms with E-state index in [2.05, 4.69) is 5.32 Å². The Kier molecular flexibility index (Phi) is 5.14. The lowest BCUT2D eigenvalue weighted by molar-refractivity contribution is 0.0673. The third kappa shape index (κ3) is 3.43. The van der Waals surface area contributed by atoms with Crippen molar-refractivity contribution in [3.05, 3.63) is 63.3 Å². The average molecular weight is 384 g/mol. The van der Waals surface area contributed by atoms with Crippen molar-refractivity contribution in [3.8, 4) is 0 Å². The van der Waals surface area contributed by atoms with Crippen LogP contribution in [0, 0.1) is 5.41 Å². The smallest absolute Gasteiger partial charge is 0.144 e. The highest BCUT2D eigenvalue weighted by atomic mass is 35.5. The second-order valence-electron chi connectivity index (χ2n) is 6.61. The molecule has 0 unspecified atom stereocenters. The van der Waals surface area contributed by atoms with Gasteiger partial charge < -0.3 is 14.8 Å². The minimum absolute atomic E-state index is 0.212. The zero-order valence-corrected chi connectivity index (χ0v) is 15.8. The van der Waals surface area contributed by atoms with E-state index in [0.29, 0.717) is 45.9 Å². The van der Waals surface area contributed by atoms with Gasteiger partial charge in [0.05, 0.1) is 15.5 Å². The van der Waals surface area contributed by atoms with Gasteiger partial charge in [-0.2, -0.15) is 0 Å². The fraction of sp³-hybridized carbons (Fsp3) is 0.368. The summed E-state index contributed by atoms with van der Waals surface area (Å²) in [6, 6.07) is 5.21. The van der Waals surface area contributed by atoms with Crippen molar-refractivity contribution in [2.24, 2.45) is 5.41 Å². The molecule has 1 aliphatic carbocycles. The molecule has 134 valence electrons. The molecule has 1 aromatic rings. The zero-order chi connectivity index (χ0) is 18.2. The highest BCUT2D eigenvalue weighted by molar-refractivity contribution is 6.37. The van der Waals surface area contributed by atoms with Gasteiger partial charge in [0.1, 0.15) is 30.1 Å². The van der Waals surface area contributed by atoms with Crippen LogP contribution in [-0.4, -0.2) is 26.3 Å². The number of nitrogens with one attached hydrogen (secondary N) is 1. The van der Waals surface area contributed by atoms with E-state index >= 15 is 0 Å². The van der Waals surface area contributed by atoms with E-state index in [9.17, 15) is 4.39 Å². The van der Waals surface area contributed by atoms with Crippen LogP contribution in [0.5, 0.6) is 0 Å². The Labute approximate surface area is 157 Å². The van der Waals surface area contributed by atoms with Crippen LogP contribution in [-0.2, 0) is 9.47 Å². The summed E-state index contributed by atoms with van der Waals surface area (Å²) < 4.78 is 26.6. The number of hydrogen-bond donors (Lipinski definition) is 1. The van der Waals surface area contributed by atoms with Crippen LogP contribution in [0.3, 0.4) is 0 Å². The van der Waals surface area contributed by atoms with Crippen molar-refractivity contribution in [2.75, 3.05) is 20.2 Å². The fourth-order valence-electron chi connectivity index (χ4n) is 3.08. The number of likely N-dealkylation sites (N-methyl/N-ethyl adjacent to an activating group) is 1. The molecular weight excluding hydrogens is 364 g/mol. The summed E-state index contributed by atoms with van der Waals surface area (Å²) in [5.41, 5.74) is 0.435.